The van der Waals surface area contributed by atoms with Gasteiger partial charge in [0.2, 0.25) is 10.3 Å². The molecule has 20 heavy (non-hydrogen) atoms. The molecule has 2 aromatic rings. The molecule has 8 nitrogen and oxygen atoms in total. The Balaban J connectivity index is 1.84. The van der Waals surface area contributed by atoms with E-state index in [1.165, 1.54) is 0 Å². The van der Waals surface area contributed by atoms with Crippen molar-refractivity contribution in [2.45, 2.75) is 36.0 Å². The third-order valence-electron chi connectivity index (χ3n) is 3.04. The standard InChI is InChI=1S/C10H16N8S2/c11-17-7-3-4-8-14-16-10(18(8)12)20-6-2-1-5-19-9(17)15-13-7/h1-6,11-12H2. The average Bonchev–Trinajstić information content (AvgIpc) is 2.95. The second kappa shape index (κ2) is 5.92. The summed E-state index contributed by atoms with van der Waals surface area (Å²) < 4.78 is 3.12. The number of nitrogens with two attached hydrogens (primary N) is 2. The van der Waals surface area contributed by atoms with Crippen LogP contribution in [-0.4, -0.2) is 41.3 Å². The van der Waals surface area contributed by atoms with E-state index in [0.29, 0.717) is 12.8 Å². The highest BCUT2D eigenvalue weighted by Gasteiger charge is 2.15. The Morgan fingerprint density at radius 3 is 1.65 bits per heavy atom. The van der Waals surface area contributed by atoms with Gasteiger partial charge in [-0.25, -0.2) is 9.35 Å². The normalized spacial score (nSPS) is 16.8. The minimum atomic E-state index is 0.643. The number of aromatic nitrogens is 6. The Morgan fingerprint density at radius 2 is 1.20 bits per heavy atom. The van der Waals surface area contributed by atoms with E-state index in [9.17, 15) is 0 Å². The van der Waals surface area contributed by atoms with Gasteiger partial charge in [0.1, 0.15) is 0 Å². The van der Waals surface area contributed by atoms with Gasteiger partial charge in [-0.1, -0.05) is 23.5 Å². The van der Waals surface area contributed by atoms with Gasteiger partial charge in [0.15, 0.2) is 11.6 Å². The van der Waals surface area contributed by atoms with E-state index in [4.69, 9.17) is 11.7 Å². The maximum atomic E-state index is 6.00. The SMILES string of the molecule is Nn1c2nnc1SCCCCSc1nnc(n1N)CC2. The zero-order chi connectivity index (χ0) is 13.9. The van der Waals surface area contributed by atoms with Crippen molar-refractivity contribution in [1.29, 1.82) is 0 Å². The summed E-state index contributed by atoms with van der Waals surface area (Å²) in [5.74, 6) is 15.4. The van der Waals surface area contributed by atoms with Crippen molar-refractivity contribution in [3.8, 4) is 0 Å². The molecule has 0 aliphatic carbocycles. The fourth-order valence-electron chi connectivity index (χ4n) is 1.91. The number of nitrogens with zero attached hydrogens (tertiary/aromatic N) is 6. The lowest BCUT2D eigenvalue weighted by Gasteiger charge is -2.06. The average molecular weight is 312 g/mol. The third-order valence-corrected chi connectivity index (χ3v) is 5.10. The summed E-state index contributed by atoms with van der Waals surface area (Å²) in [6.07, 6.45) is 3.46. The first kappa shape index (κ1) is 13.6. The van der Waals surface area contributed by atoms with Crippen LogP contribution < -0.4 is 11.7 Å². The van der Waals surface area contributed by atoms with Crippen LogP contribution in [0.3, 0.4) is 0 Å². The van der Waals surface area contributed by atoms with Crippen LogP contribution in [0.2, 0.25) is 0 Å². The lowest BCUT2D eigenvalue weighted by atomic mass is 10.3. The largest absolute Gasteiger partial charge is 0.336 e. The topological polar surface area (TPSA) is 113 Å². The number of rotatable bonds is 0. The third kappa shape index (κ3) is 2.70. The molecule has 1 aliphatic heterocycles. The maximum absolute atomic E-state index is 6.00. The molecule has 0 atom stereocenters. The Bertz CT molecular complexity index is 540. The van der Waals surface area contributed by atoms with Gasteiger partial charge in [-0.05, 0) is 12.8 Å². The lowest BCUT2D eigenvalue weighted by molar-refractivity contribution is 0.717. The van der Waals surface area contributed by atoms with Gasteiger partial charge < -0.3 is 11.7 Å². The first-order valence-electron chi connectivity index (χ1n) is 6.40. The minimum absolute atomic E-state index is 0.643. The minimum Gasteiger partial charge on any atom is -0.336 e. The summed E-state index contributed by atoms with van der Waals surface area (Å²) in [7, 11) is 0. The molecule has 0 saturated carbocycles. The molecule has 108 valence electrons. The van der Waals surface area contributed by atoms with Crippen LogP contribution in [0.25, 0.3) is 0 Å². The van der Waals surface area contributed by atoms with Crippen LogP contribution in [-0.2, 0) is 12.8 Å². The van der Waals surface area contributed by atoms with Crippen molar-refractivity contribution in [3.63, 3.8) is 0 Å². The van der Waals surface area contributed by atoms with Crippen molar-refractivity contribution >= 4 is 23.5 Å². The van der Waals surface area contributed by atoms with Gasteiger partial charge in [-0.2, -0.15) is 0 Å². The number of aryl methyl sites for hydroxylation is 2. The quantitative estimate of drug-likeness (QED) is 0.657. The highest BCUT2D eigenvalue weighted by atomic mass is 32.2. The molecule has 0 amide bonds. The Morgan fingerprint density at radius 1 is 0.750 bits per heavy atom. The fourth-order valence-corrected chi connectivity index (χ4v) is 3.65. The van der Waals surface area contributed by atoms with Crippen LogP contribution in [0.4, 0.5) is 0 Å². The predicted molar refractivity (Wildman–Crippen MR) is 78.4 cm³/mol. The highest BCUT2D eigenvalue weighted by molar-refractivity contribution is 7.99. The molecule has 0 unspecified atom stereocenters. The van der Waals surface area contributed by atoms with Gasteiger partial charge in [-0.3, -0.25) is 0 Å². The van der Waals surface area contributed by atoms with Crippen molar-refractivity contribution in [2.24, 2.45) is 0 Å². The molecule has 3 heterocycles. The zero-order valence-electron chi connectivity index (χ0n) is 10.9. The Kier molecular flexibility index (Phi) is 4.01. The van der Waals surface area contributed by atoms with E-state index in [2.05, 4.69) is 20.4 Å². The van der Waals surface area contributed by atoms with E-state index < -0.39 is 0 Å². The molecular weight excluding hydrogens is 296 g/mol. The Hall–Kier alpha value is -1.42. The Labute approximate surface area is 124 Å². The number of fused-ring (bicyclic) bond motifs is 4. The molecule has 0 fully saturated rings. The van der Waals surface area contributed by atoms with Crippen molar-refractivity contribution in [2.75, 3.05) is 23.2 Å². The molecule has 4 bridgehead atoms. The van der Waals surface area contributed by atoms with Crippen LogP contribution in [0.5, 0.6) is 0 Å². The summed E-state index contributed by atoms with van der Waals surface area (Å²) >= 11 is 3.29. The van der Waals surface area contributed by atoms with Crippen LogP contribution in [0, 0.1) is 0 Å². The predicted octanol–water partition coefficient (Wildman–Crippen LogP) is 0.0604. The molecule has 3 rings (SSSR count). The molecule has 1 aliphatic rings. The molecule has 0 aromatic carbocycles. The molecule has 10 heteroatoms. The number of hydrogen-bond donors (Lipinski definition) is 2. The molecule has 0 radical (unpaired) electrons. The smallest absolute Gasteiger partial charge is 0.209 e. The van der Waals surface area contributed by atoms with E-state index >= 15 is 0 Å². The van der Waals surface area contributed by atoms with Crippen LogP contribution >= 0.6 is 23.5 Å². The first-order valence-corrected chi connectivity index (χ1v) is 8.37. The summed E-state index contributed by atoms with van der Waals surface area (Å²) in [4.78, 5) is 0. The highest BCUT2D eigenvalue weighted by Crippen LogP contribution is 2.21. The first-order chi connectivity index (χ1) is 9.75. The number of thioether (sulfide) groups is 2. The molecule has 0 saturated heterocycles. The van der Waals surface area contributed by atoms with Gasteiger partial charge in [0.05, 0.1) is 0 Å². The summed E-state index contributed by atoms with van der Waals surface area (Å²) in [5.41, 5.74) is 0. The summed E-state index contributed by atoms with van der Waals surface area (Å²) in [5, 5.41) is 18.0. The van der Waals surface area contributed by atoms with Crippen molar-refractivity contribution < 1.29 is 0 Å². The van der Waals surface area contributed by atoms with Gasteiger partial charge in [0.25, 0.3) is 0 Å². The van der Waals surface area contributed by atoms with Gasteiger partial charge >= 0.3 is 0 Å². The van der Waals surface area contributed by atoms with Crippen LogP contribution in [0.1, 0.15) is 24.5 Å². The molecular formula is C10H16N8S2. The summed E-state index contributed by atoms with van der Waals surface area (Å²) in [6, 6.07) is 0. The van der Waals surface area contributed by atoms with E-state index in [-0.39, 0.29) is 0 Å². The maximum Gasteiger partial charge on any atom is 0.209 e. The monoisotopic (exact) mass is 312 g/mol. The number of nitrogen functional groups attached to an aromatic ring is 2. The molecule has 4 N–H and O–H groups in total. The number of hydrogen-bond acceptors (Lipinski definition) is 8. The van der Waals surface area contributed by atoms with Gasteiger partial charge in [-0.15, -0.1) is 20.4 Å². The molecule has 2 aromatic heterocycles. The zero-order valence-corrected chi connectivity index (χ0v) is 12.5. The summed E-state index contributed by atoms with van der Waals surface area (Å²) in [6.45, 7) is 0. The fraction of sp³-hybridized carbons (Fsp3) is 0.600. The lowest BCUT2D eigenvalue weighted by Crippen LogP contribution is -2.18. The van der Waals surface area contributed by atoms with E-state index in [1.807, 2.05) is 0 Å². The second-order valence-corrected chi connectivity index (χ2v) is 6.57. The van der Waals surface area contributed by atoms with Crippen molar-refractivity contribution in [1.82, 2.24) is 29.7 Å². The molecule has 0 spiro atoms. The second-order valence-electron chi connectivity index (χ2n) is 4.44. The van der Waals surface area contributed by atoms with Gasteiger partial charge in [0, 0.05) is 24.3 Å². The van der Waals surface area contributed by atoms with Crippen LogP contribution in [0.15, 0.2) is 10.3 Å². The van der Waals surface area contributed by atoms with E-state index in [1.54, 1.807) is 32.9 Å². The van der Waals surface area contributed by atoms with E-state index in [0.717, 1.165) is 46.3 Å². The van der Waals surface area contributed by atoms with Crippen molar-refractivity contribution in [3.05, 3.63) is 11.6 Å².